The number of carbonyl (C=O) groups excluding carboxylic acids is 2. The van der Waals surface area contributed by atoms with E-state index in [2.05, 4.69) is 23.2 Å². The fraction of sp³-hybridized carbons (Fsp3) is 0.348. The fourth-order valence-corrected chi connectivity index (χ4v) is 6.05. The molecule has 0 N–H and O–H groups in total. The van der Waals surface area contributed by atoms with Crippen LogP contribution in [0.3, 0.4) is 0 Å². The molecule has 5 rings (SSSR count). The van der Waals surface area contributed by atoms with E-state index in [1.807, 2.05) is 46.2 Å². The zero-order valence-corrected chi connectivity index (χ0v) is 18.2. The lowest BCUT2D eigenvalue weighted by molar-refractivity contribution is -0.139. The molecule has 1 saturated heterocycles. The first kappa shape index (κ1) is 19.6. The summed E-state index contributed by atoms with van der Waals surface area (Å²) in [5.41, 5.74) is 2.25. The van der Waals surface area contributed by atoms with E-state index in [1.54, 1.807) is 11.3 Å². The molecule has 1 aromatic heterocycles. The highest BCUT2D eigenvalue weighted by Gasteiger charge is 2.46. The molecular weight excluding hydrogens is 414 g/mol. The molecule has 0 radical (unpaired) electrons. The summed E-state index contributed by atoms with van der Waals surface area (Å²) >= 11 is 3.13. The topological polar surface area (TPSA) is 53.5 Å². The van der Waals surface area contributed by atoms with Crippen molar-refractivity contribution in [3.8, 4) is 0 Å². The molecule has 1 aliphatic carbocycles. The summed E-state index contributed by atoms with van der Waals surface area (Å²) in [4.78, 5) is 33.9. The molecule has 1 saturated carbocycles. The number of nitrogens with zero attached hydrogens (tertiary/aromatic N) is 3. The Kier molecular flexibility index (Phi) is 5.48. The highest BCUT2D eigenvalue weighted by molar-refractivity contribution is 8.01. The van der Waals surface area contributed by atoms with Crippen molar-refractivity contribution in [2.24, 2.45) is 5.92 Å². The second-order valence-electron chi connectivity index (χ2n) is 7.80. The smallest absolute Gasteiger partial charge is 0.233 e. The molecule has 30 heavy (non-hydrogen) atoms. The minimum atomic E-state index is 0.115. The summed E-state index contributed by atoms with van der Waals surface area (Å²) in [6.07, 6.45) is 0.945. The van der Waals surface area contributed by atoms with Crippen molar-refractivity contribution in [1.82, 2.24) is 14.8 Å². The molecule has 2 aliphatic rings. The van der Waals surface area contributed by atoms with Crippen LogP contribution in [-0.4, -0.2) is 58.5 Å². The van der Waals surface area contributed by atoms with Gasteiger partial charge in [-0.15, -0.1) is 11.3 Å². The molecule has 0 unspecified atom stereocenters. The number of carbonyl (C=O) groups is 2. The van der Waals surface area contributed by atoms with Crippen molar-refractivity contribution in [2.75, 3.05) is 31.9 Å². The Balaban J connectivity index is 1.10. The minimum absolute atomic E-state index is 0.115. The Morgan fingerprint density at radius 2 is 1.67 bits per heavy atom. The van der Waals surface area contributed by atoms with E-state index in [1.165, 1.54) is 17.3 Å². The Morgan fingerprint density at radius 1 is 0.967 bits per heavy atom. The van der Waals surface area contributed by atoms with Crippen LogP contribution >= 0.6 is 23.1 Å². The predicted octanol–water partition coefficient (Wildman–Crippen LogP) is 3.86. The van der Waals surface area contributed by atoms with Crippen molar-refractivity contribution < 1.29 is 9.59 Å². The second kappa shape index (κ2) is 8.40. The van der Waals surface area contributed by atoms with Gasteiger partial charge in [-0.1, -0.05) is 54.2 Å². The molecular formula is C23H23N3O2S2. The van der Waals surface area contributed by atoms with Gasteiger partial charge < -0.3 is 9.80 Å². The van der Waals surface area contributed by atoms with Crippen LogP contribution in [0.2, 0.25) is 0 Å². The van der Waals surface area contributed by atoms with E-state index in [4.69, 9.17) is 0 Å². The summed E-state index contributed by atoms with van der Waals surface area (Å²) in [5.74, 6) is 1.25. The van der Waals surface area contributed by atoms with Gasteiger partial charge in [0.15, 0.2) is 4.34 Å². The molecule has 2 fully saturated rings. The predicted molar refractivity (Wildman–Crippen MR) is 121 cm³/mol. The van der Waals surface area contributed by atoms with Crippen LogP contribution in [0.1, 0.15) is 17.9 Å². The third-order valence-corrected chi connectivity index (χ3v) is 8.04. The Hall–Kier alpha value is -2.38. The maximum Gasteiger partial charge on any atom is 0.233 e. The van der Waals surface area contributed by atoms with E-state index in [0.717, 1.165) is 21.0 Å². The molecule has 5 nitrogen and oxygen atoms in total. The van der Waals surface area contributed by atoms with Crippen molar-refractivity contribution in [3.63, 3.8) is 0 Å². The van der Waals surface area contributed by atoms with Gasteiger partial charge in [0.1, 0.15) is 0 Å². The van der Waals surface area contributed by atoms with Crippen LogP contribution in [0, 0.1) is 5.92 Å². The van der Waals surface area contributed by atoms with E-state index >= 15 is 0 Å². The van der Waals surface area contributed by atoms with Gasteiger partial charge in [-0.2, -0.15) is 0 Å². The minimum Gasteiger partial charge on any atom is -0.339 e. The van der Waals surface area contributed by atoms with Gasteiger partial charge >= 0.3 is 0 Å². The first-order chi connectivity index (χ1) is 14.7. The number of hydrogen-bond donors (Lipinski definition) is 0. The summed E-state index contributed by atoms with van der Waals surface area (Å²) in [6, 6.07) is 18.3. The van der Waals surface area contributed by atoms with Gasteiger partial charge in [0, 0.05) is 32.1 Å². The highest BCUT2D eigenvalue weighted by Crippen LogP contribution is 2.48. The number of fused-ring (bicyclic) bond motifs is 1. The first-order valence-electron chi connectivity index (χ1n) is 10.3. The number of amides is 2. The SMILES string of the molecule is O=C(CSc1nc2ccccc2s1)N1CCN(C(=O)[C@H]2C[C@@H]2c2ccccc2)CC1. The van der Waals surface area contributed by atoms with Crippen molar-refractivity contribution in [2.45, 2.75) is 16.7 Å². The number of thiazole rings is 1. The standard InChI is InChI=1S/C23H23N3O2S2/c27-21(15-29-23-24-19-8-4-5-9-20(19)30-23)25-10-12-26(13-11-25)22(28)18-14-17(18)16-6-2-1-3-7-16/h1-9,17-18H,10-15H2/t17-,18+/m1/s1. The van der Waals surface area contributed by atoms with Crippen molar-refractivity contribution in [3.05, 3.63) is 60.2 Å². The summed E-state index contributed by atoms with van der Waals surface area (Å²) in [7, 11) is 0. The van der Waals surface area contributed by atoms with Gasteiger partial charge in [-0.3, -0.25) is 9.59 Å². The third-order valence-electron chi connectivity index (χ3n) is 5.87. The van der Waals surface area contributed by atoms with Gasteiger partial charge in [0.05, 0.1) is 16.0 Å². The van der Waals surface area contributed by atoms with Gasteiger partial charge in [-0.25, -0.2) is 4.98 Å². The Morgan fingerprint density at radius 3 is 2.43 bits per heavy atom. The molecule has 1 aliphatic heterocycles. The average molecular weight is 438 g/mol. The lowest BCUT2D eigenvalue weighted by atomic mass is 10.1. The number of piperazine rings is 1. The maximum atomic E-state index is 12.8. The van der Waals surface area contributed by atoms with Crippen LogP contribution in [0.5, 0.6) is 0 Å². The van der Waals surface area contributed by atoms with E-state index in [-0.39, 0.29) is 17.7 Å². The molecule has 7 heteroatoms. The summed E-state index contributed by atoms with van der Waals surface area (Å²) < 4.78 is 2.08. The molecule has 2 amide bonds. The van der Waals surface area contributed by atoms with Crippen LogP contribution in [0.25, 0.3) is 10.2 Å². The van der Waals surface area contributed by atoms with Gasteiger partial charge in [0.25, 0.3) is 0 Å². The van der Waals surface area contributed by atoms with Gasteiger partial charge in [0.2, 0.25) is 11.8 Å². The van der Waals surface area contributed by atoms with Crippen molar-refractivity contribution in [1.29, 1.82) is 0 Å². The zero-order chi connectivity index (χ0) is 20.5. The van der Waals surface area contributed by atoms with Gasteiger partial charge in [-0.05, 0) is 30.0 Å². The molecule has 3 aromatic rings. The monoisotopic (exact) mass is 437 g/mol. The summed E-state index contributed by atoms with van der Waals surface area (Å²) in [5, 5.41) is 0. The Labute approximate surface area is 184 Å². The van der Waals surface area contributed by atoms with E-state index in [0.29, 0.717) is 37.8 Å². The fourth-order valence-electron chi connectivity index (χ4n) is 4.07. The number of thioether (sulfide) groups is 1. The maximum absolute atomic E-state index is 12.8. The van der Waals surface area contributed by atoms with Crippen LogP contribution in [-0.2, 0) is 9.59 Å². The molecule has 0 spiro atoms. The molecule has 0 bridgehead atoms. The van der Waals surface area contributed by atoms with Crippen LogP contribution in [0.4, 0.5) is 0 Å². The lowest BCUT2D eigenvalue weighted by Gasteiger charge is -2.35. The number of para-hydroxylation sites is 1. The largest absolute Gasteiger partial charge is 0.339 e. The van der Waals surface area contributed by atoms with Crippen molar-refractivity contribution >= 4 is 45.1 Å². The normalized spacial score (nSPS) is 21.1. The third kappa shape index (κ3) is 4.09. The first-order valence-corrected chi connectivity index (χ1v) is 12.1. The number of hydrogen-bond acceptors (Lipinski definition) is 5. The quantitative estimate of drug-likeness (QED) is 0.569. The molecule has 154 valence electrons. The number of benzene rings is 2. The van der Waals surface area contributed by atoms with E-state index < -0.39 is 0 Å². The van der Waals surface area contributed by atoms with E-state index in [9.17, 15) is 9.59 Å². The molecule has 2 heterocycles. The number of aromatic nitrogens is 1. The second-order valence-corrected chi connectivity index (χ2v) is 10.1. The summed E-state index contributed by atoms with van der Waals surface area (Å²) in [6.45, 7) is 2.50. The average Bonchev–Trinajstić information content (AvgIpc) is 3.49. The van der Waals surface area contributed by atoms with Crippen LogP contribution in [0.15, 0.2) is 58.9 Å². The molecule has 2 aromatic carbocycles. The number of rotatable bonds is 5. The zero-order valence-electron chi connectivity index (χ0n) is 16.6. The lowest BCUT2D eigenvalue weighted by Crippen LogP contribution is -2.51. The Bertz CT molecular complexity index is 1030. The highest BCUT2D eigenvalue weighted by atomic mass is 32.2. The molecule has 2 atom stereocenters. The van der Waals surface area contributed by atoms with Crippen LogP contribution < -0.4 is 0 Å².